The second kappa shape index (κ2) is 10.1. The van der Waals surface area contributed by atoms with Crippen molar-refractivity contribution in [3.63, 3.8) is 0 Å². The number of aromatic nitrogens is 2. The maximum absolute atomic E-state index is 15.2. The van der Waals surface area contributed by atoms with Crippen LogP contribution in [-0.4, -0.2) is 81.2 Å². The minimum absolute atomic E-state index is 0.0440. The van der Waals surface area contributed by atoms with Crippen LogP contribution in [0.4, 0.5) is 19.4 Å². The third-order valence-electron chi connectivity index (χ3n) is 5.64. The van der Waals surface area contributed by atoms with Crippen molar-refractivity contribution in [2.75, 3.05) is 38.2 Å². The van der Waals surface area contributed by atoms with Gasteiger partial charge in [-0.1, -0.05) is 6.08 Å². The Labute approximate surface area is 193 Å². The summed E-state index contributed by atoms with van der Waals surface area (Å²) in [7, 11) is 0. The molecular weight excluding hydrogens is 452 g/mol. The smallest absolute Gasteiger partial charge is 0.411 e. The molecule has 2 aliphatic heterocycles. The van der Waals surface area contributed by atoms with Crippen molar-refractivity contribution in [1.82, 2.24) is 20.0 Å². The van der Waals surface area contributed by atoms with Gasteiger partial charge >= 0.3 is 6.09 Å². The lowest BCUT2D eigenvalue weighted by atomic mass is 9.96. The number of hydrogen-bond acceptors (Lipinski definition) is 8. The molecule has 1 aromatic carbocycles. The normalized spacial score (nSPS) is 17.8. The van der Waals surface area contributed by atoms with Gasteiger partial charge < -0.3 is 25.2 Å². The molecule has 0 saturated carbocycles. The third kappa shape index (κ3) is 4.82. The van der Waals surface area contributed by atoms with Crippen molar-refractivity contribution >= 4 is 23.4 Å². The topological polar surface area (TPSA) is 128 Å². The summed E-state index contributed by atoms with van der Waals surface area (Å²) in [4.78, 5) is 26.8. The highest BCUT2D eigenvalue weighted by atomic mass is 19.1. The second-order valence-electron chi connectivity index (χ2n) is 7.79. The zero-order valence-corrected chi connectivity index (χ0v) is 18.0. The van der Waals surface area contributed by atoms with E-state index in [4.69, 9.17) is 9.84 Å². The van der Waals surface area contributed by atoms with E-state index in [1.165, 1.54) is 22.1 Å². The monoisotopic (exact) mass is 475 g/mol. The Morgan fingerprint density at radius 3 is 2.59 bits per heavy atom. The molecule has 2 amide bonds. The molecule has 2 atom stereocenters. The molecule has 4 rings (SSSR count). The Kier molecular flexibility index (Phi) is 6.98. The van der Waals surface area contributed by atoms with Crippen molar-refractivity contribution < 1.29 is 33.3 Å². The number of hydrogen-bond donors (Lipinski definition) is 3. The van der Waals surface area contributed by atoms with Gasteiger partial charge in [-0.2, -0.15) is 5.10 Å². The van der Waals surface area contributed by atoms with Crippen LogP contribution in [0.25, 0.3) is 5.57 Å². The SMILES string of the molecule is O=C(C(O)CO)N1CC=C(c2c(F)cc(C(Nc3cccnn3)N3CCOC3=O)cc2F)CC1. The standard InChI is InChI=1S/C22H23F2N5O5/c23-15-10-14(20(29-8-9-34-22(29)33)26-18-2-1-5-25-27-18)11-16(24)19(15)13-3-6-28(7-4-13)21(32)17(31)12-30/h1-3,5,10-11,17,20,30-31H,4,6-9,12H2,(H,26,27). The molecule has 0 spiro atoms. The first-order chi connectivity index (χ1) is 16.4. The van der Waals surface area contributed by atoms with Crippen molar-refractivity contribution in [2.24, 2.45) is 0 Å². The molecule has 3 heterocycles. The number of anilines is 1. The van der Waals surface area contributed by atoms with Gasteiger partial charge in [0.1, 0.15) is 30.2 Å². The maximum atomic E-state index is 15.2. The summed E-state index contributed by atoms with van der Waals surface area (Å²) in [6.07, 6.45) is 0.0413. The van der Waals surface area contributed by atoms with E-state index >= 15 is 8.78 Å². The summed E-state index contributed by atoms with van der Waals surface area (Å²) in [5.41, 5.74) is 0.312. The number of carbonyl (C=O) groups excluding carboxylic acids is 2. The molecule has 1 saturated heterocycles. The van der Waals surface area contributed by atoms with Gasteiger partial charge in [-0.25, -0.2) is 13.6 Å². The van der Waals surface area contributed by atoms with Gasteiger partial charge in [-0.05, 0) is 36.3 Å². The van der Waals surface area contributed by atoms with Gasteiger partial charge in [0.05, 0.1) is 13.2 Å². The summed E-state index contributed by atoms with van der Waals surface area (Å²) >= 11 is 0. The van der Waals surface area contributed by atoms with E-state index in [0.717, 1.165) is 12.1 Å². The first-order valence-corrected chi connectivity index (χ1v) is 10.6. The van der Waals surface area contributed by atoms with Crippen LogP contribution in [-0.2, 0) is 9.53 Å². The number of nitrogens with one attached hydrogen (secondary N) is 1. The van der Waals surface area contributed by atoms with E-state index in [1.54, 1.807) is 12.1 Å². The largest absolute Gasteiger partial charge is 0.447 e. The Bertz CT molecular complexity index is 1080. The Morgan fingerprint density at radius 1 is 1.26 bits per heavy atom. The molecule has 0 radical (unpaired) electrons. The average molecular weight is 475 g/mol. The van der Waals surface area contributed by atoms with Crippen molar-refractivity contribution in [2.45, 2.75) is 18.7 Å². The molecular formula is C22H23F2N5O5. The van der Waals surface area contributed by atoms with Crippen LogP contribution in [0.5, 0.6) is 0 Å². The molecule has 1 aromatic heterocycles. The van der Waals surface area contributed by atoms with Gasteiger partial charge in [-0.3, -0.25) is 9.69 Å². The molecule has 3 N–H and O–H groups in total. The Morgan fingerprint density at radius 2 is 2.03 bits per heavy atom. The summed E-state index contributed by atoms with van der Waals surface area (Å²) in [5.74, 6) is -1.99. The molecule has 2 unspecified atom stereocenters. The van der Waals surface area contributed by atoms with Crippen molar-refractivity contribution in [3.8, 4) is 0 Å². The number of benzene rings is 1. The zero-order chi connectivity index (χ0) is 24.2. The number of nitrogens with zero attached hydrogens (tertiary/aromatic N) is 4. The highest BCUT2D eigenvalue weighted by molar-refractivity contribution is 5.82. The van der Waals surface area contributed by atoms with Crippen LogP contribution in [0.15, 0.2) is 36.5 Å². The van der Waals surface area contributed by atoms with E-state index in [1.807, 2.05) is 0 Å². The molecule has 1 fully saturated rings. The zero-order valence-electron chi connectivity index (χ0n) is 18.0. The summed E-state index contributed by atoms with van der Waals surface area (Å²) < 4.78 is 35.4. The molecule has 0 aliphatic carbocycles. The van der Waals surface area contributed by atoms with E-state index in [9.17, 15) is 14.7 Å². The molecule has 34 heavy (non-hydrogen) atoms. The number of amides is 2. The predicted octanol–water partition coefficient (Wildman–Crippen LogP) is 1.29. The highest BCUT2D eigenvalue weighted by Crippen LogP contribution is 2.32. The van der Waals surface area contributed by atoms with Gasteiger partial charge in [0, 0.05) is 30.4 Å². The summed E-state index contributed by atoms with van der Waals surface area (Å²) in [5, 5.41) is 29.1. The van der Waals surface area contributed by atoms with Gasteiger partial charge in [-0.15, -0.1) is 5.10 Å². The van der Waals surface area contributed by atoms with E-state index in [2.05, 4.69) is 15.5 Å². The quantitative estimate of drug-likeness (QED) is 0.547. The van der Waals surface area contributed by atoms with E-state index in [0.29, 0.717) is 11.4 Å². The fourth-order valence-electron chi connectivity index (χ4n) is 3.94. The van der Waals surface area contributed by atoms with Gasteiger partial charge in [0.2, 0.25) is 0 Å². The average Bonchev–Trinajstić information content (AvgIpc) is 3.27. The minimum atomic E-state index is -1.53. The Hall–Kier alpha value is -3.64. The van der Waals surface area contributed by atoms with E-state index < -0.39 is 42.5 Å². The van der Waals surface area contributed by atoms with Crippen LogP contribution >= 0.6 is 0 Å². The number of halogens is 2. The fraction of sp³-hybridized carbons (Fsp3) is 0.364. The van der Waals surface area contributed by atoms with Crippen LogP contribution in [0.3, 0.4) is 0 Å². The number of cyclic esters (lactones) is 1. The highest BCUT2D eigenvalue weighted by Gasteiger charge is 2.33. The van der Waals surface area contributed by atoms with Crippen LogP contribution < -0.4 is 5.32 Å². The molecule has 2 aliphatic rings. The first kappa shape index (κ1) is 23.5. The second-order valence-corrected chi connectivity index (χ2v) is 7.79. The molecule has 0 bridgehead atoms. The maximum Gasteiger partial charge on any atom is 0.411 e. The lowest BCUT2D eigenvalue weighted by Crippen LogP contribution is -2.42. The van der Waals surface area contributed by atoms with Gasteiger partial charge in [0.15, 0.2) is 6.10 Å². The van der Waals surface area contributed by atoms with Crippen LogP contribution in [0.1, 0.15) is 23.7 Å². The number of ether oxygens (including phenoxy) is 1. The van der Waals surface area contributed by atoms with Crippen molar-refractivity contribution in [1.29, 1.82) is 0 Å². The third-order valence-corrected chi connectivity index (χ3v) is 5.64. The molecule has 180 valence electrons. The number of aliphatic hydroxyl groups excluding tert-OH is 2. The lowest BCUT2D eigenvalue weighted by molar-refractivity contribution is -0.141. The summed E-state index contributed by atoms with van der Waals surface area (Å²) in [6, 6.07) is 5.52. The first-order valence-electron chi connectivity index (χ1n) is 10.6. The van der Waals surface area contributed by atoms with Crippen LogP contribution in [0, 0.1) is 11.6 Å². The van der Waals surface area contributed by atoms with E-state index in [-0.39, 0.29) is 43.8 Å². The molecule has 10 nitrogen and oxygen atoms in total. The van der Waals surface area contributed by atoms with Gasteiger partial charge in [0.25, 0.3) is 5.91 Å². The number of carbonyl (C=O) groups is 2. The Balaban J connectivity index is 1.61. The summed E-state index contributed by atoms with van der Waals surface area (Å²) in [6.45, 7) is -0.157. The predicted molar refractivity (Wildman–Crippen MR) is 115 cm³/mol. The lowest BCUT2D eigenvalue weighted by Gasteiger charge is -2.29. The minimum Gasteiger partial charge on any atom is -0.447 e. The molecule has 2 aromatic rings. The number of rotatable bonds is 7. The van der Waals surface area contributed by atoms with Crippen LogP contribution in [0.2, 0.25) is 0 Å². The van der Waals surface area contributed by atoms with Crippen molar-refractivity contribution in [3.05, 3.63) is 59.3 Å². The number of aliphatic hydroxyl groups is 2. The molecule has 12 heteroatoms. The fourth-order valence-corrected chi connectivity index (χ4v) is 3.94.